The molecule has 4 nitrogen and oxygen atoms in total. The second-order valence-electron chi connectivity index (χ2n) is 5.82. The summed E-state index contributed by atoms with van der Waals surface area (Å²) in [5.41, 5.74) is 0. The maximum absolute atomic E-state index is 3.61. The van der Waals surface area contributed by atoms with Gasteiger partial charge in [-0.1, -0.05) is 27.7 Å². The number of nitrogens with one attached hydrogen (secondary N) is 2. The van der Waals surface area contributed by atoms with Crippen molar-refractivity contribution >= 4 is 0 Å². The Morgan fingerprint density at radius 3 is 1.71 bits per heavy atom. The van der Waals surface area contributed by atoms with Crippen molar-refractivity contribution in [3.8, 4) is 0 Å². The minimum Gasteiger partial charge on any atom is -0.315 e. The molecular formula is C17H40N4. The van der Waals surface area contributed by atoms with Crippen LogP contribution in [0, 0.1) is 0 Å². The zero-order valence-electron chi connectivity index (χ0n) is 15.2. The average Bonchev–Trinajstić information content (AvgIpc) is 2.51. The van der Waals surface area contributed by atoms with Crippen LogP contribution in [-0.4, -0.2) is 74.7 Å². The molecule has 0 saturated heterocycles. The van der Waals surface area contributed by atoms with Crippen LogP contribution in [-0.2, 0) is 0 Å². The molecule has 0 aliphatic heterocycles. The molecule has 0 spiro atoms. The standard InChI is InChI=1S/C17H40N4/c1-6-20(7-2)14-10-12-18-16-17(5)19-13-11-15-21(8-3)9-4/h17-19H,6-16H2,1-5H3. The monoisotopic (exact) mass is 300 g/mol. The van der Waals surface area contributed by atoms with E-state index in [0.717, 1.165) is 19.6 Å². The SMILES string of the molecule is CCN(CC)CCCNCC(C)NCCCN(CC)CC. The highest BCUT2D eigenvalue weighted by Gasteiger charge is 2.02. The Labute approximate surface area is 133 Å². The van der Waals surface area contributed by atoms with E-state index in [0.29, 0.717) is 6.04 Å². The molecule has 4 heteroatoms. The fraction of sp³-hybridized carbons (Fsp3) is 1.00. The summed E-state index contributed by atoms with van der Waals surface area (Å²) in [5.74, 6) is 0. The molecule has 128 valence electrons. The highest BCUT2D eigenvalue weighted by molar-refractivity contribution is 4.65. The first kappa shape index (κ1) is 20.8. The van der Waals surface area contributed by atoms with Gasteiger partial charge in [0.1, 0.15) is 0 Å². The maximum atomic E-state index is 3.61. The van der Waals surface area contributed by atoms with E-state index in [9.17, 15) is 0 Å². The minimum atomic E-state index is 0.565. The lowest BCUT2D eigenvalue weighted by atomic mass is 10.3. The van der Waals surface area contributed by atoms with Crippen LogP contribution in [0.25, 0.3) is 0 Å². The molecule has 1 unspecified atom stereocenters. The third-order valence-corrected chi connectivity index (χ3v) is 4.21. The van der Waals surface area contributed by atoms with E-state index in [2.05, 4.69) is 55.1 Å². The van der Waals surface area contributed by atoms with Crippen LogP contribution in [0.5, 0.6) is 0 Å². The van der Waals surface area contributed by atoms with Gasteiger partial charge < -0.3 is 20.4 Å². The summed E-state index contributed by atoms with van der Waals surface area (Å²) >= 11 is 0. The lowest BCUT2D eigenvalue weighted by Gasteiger charge is -2.20. The number of hydrogen-bond acceptors (Lipinski definition) is 4. The van der Waals surface area contributed by atoms with Crippen molar-refractivity contribution in [1.29, 1.82) is 0 Å². The summed E-state index contributed by atoms with van der Waals surface area (Å²) < 4.78 is 0. The molecule has 0 fully saturated rings. The van der Waals surface area contributed by atoms with Gasteiger partial charge in [-0.2, -0.15) is 0 Å². The topological polar surface area (TPSA) is 30.5 Å². The van der Waals surface area contributed by atoms with E-state index in [-0.39, 0.29) is 0 Å². The van der Waals surface area contributed by atoms with Gasteiger partial charge >= 0.3 is 0 Å². The fourth-order valence-electron chi connectivity index (χ4n) is 2.55. The van der Waals surface area contributed by atoms with E-state index >= 15 is 0 Å². The van der Waals surface area contributed by atoms with Crippen LogP contribution in [0.15, 0.2) is 0 Å². The van der Waals surface area contributed by atoms with Crippen molar-refractivity contribution in [1.82, 2.24) is 20.4 Å². The van der Waals surface area contributed by atoms with E-state index in [4.69, 9.17) is 0 Å². The Balaban J connectivity index is 3.40. The van der Waals surface area contributed by atoms with Crippen LogP contribution in [0.1, 0.15) is 47.5 Å². The van der Waals surface area contributed by atoms with Crippen molar-refractivity contribution in [3.05, 3.63) is 0 Å². The smallest absolute Gasteiger partial charge is 0.0164 e. The number of rotatable bonds is 15. The Hall–Kier alpha value is -0.160. The Bertz CT molecular complexity index is 203. The molecule has 0 saturated carbocycles. The van der Waals surface area contributed by atoms with Crippen molar-refractivity contribution < 1.29 is 0 Å². The van der Waals surface area contributed by atoms with E-state index < -0.39 is 0 Å². The summed E-state index contributed by atoms with van der Waals surface area (Å²) in [5, 5.41) is 7.17. The largest absolute Gasteiger partial charge is 0.315 e. The highest BCUT2D eigenvalue weighted by Crippen LogP contribution is 1.91. The molecule has 1 atom stereocenters. The van der Waals surface area contributed by atoms with Gasteiger partial charge in [0.15, 0.2) is 0 Å². The predicted octanol–water partition coefficient (Wildman–Crippen LogP) is 2.02. The molecule has 2 N–H and O–H groups in total. The molecule has 0 heterocycles. The quantitative estimate of drug-likeness (QED) is 0.453. The van der Waals surface area contributed by atoms with Gasteiger partial charge in [0.25, 0.3) is 0 Å². The highest BCUT2D eigenvalue weighted by atomic mass is 15.1. The third kappa shape index (κ3) is 12.1. The second-order valence-corrected chi connectivity index (χ2v) is 5.82. The van der Waals surface area contributed by atoms with Gasteiger partial charge in [-0.15, -0.1) is 0 Å². The summed E-state index contributed by atoms with van der Waals surface area (Å²) in [6, 6.07) is 0.565. The summed E-state index contributed by atoms with van der Waals surface area (Å²) in [6.07, 6.45) is 2.49. The van der Waals surface area contributed by atoms with Gasteiger partial charge in [0.2, 0.25) is 0 Å². The average molecular weight is 301 g/mol. The first-order chi connectivity index (χ1) is 10.2. The first-order valence-electron chi connectivity index (χ1n) is 9.06. The predicted molar refractivity (Wildman–Crippen MR) is 95.1 cm³/mol. The molecule has 21 heavy (non-hydrogen) atoms. The zero-order valence-corrected chi connectivity index (χ0v) is 15.2. The molecule has 0 aliphatic rings. The Morgan fingerprint density at radius 2 is 1.24 bits per heavy atom. The molecule has 0 aromatic rings. The molecule has 0 rings (SSSR count). The van der Waals surface area contributed by atoms with E-state index in [1.807, 2.05) is 0 Å². The summed E-state index contributed by atoms with van der Waals surface area (Å²) in [6.45, 7) is 21.6. The zero-order chi connectivity index (χ0) is 15.9. The van der Waals surface area contributed by atoms with Crippen LogP contribution in [0.2, 0.25) is 0 Å². The molecule has 0 bridgehead atoms. The Kier molecular flexibility index (Phi) is 14.7. The maximum Gasteiger partial charge on any atom is 0.0164 e. The molecule has 0 aromatic heterocycles. The minimum absolute atomic E-state index is 0.565. The van der Waals surface area contributed by atoms with Crippen molar-refractivity contribution in [2.24, 2.45) is 0 Å². The van der Waals surface area contributed by atoms with E-state index in [1.165, 1.54) is 52.1 Å². The fourth-order valence-corrected chi connectivity index (χ4v) is 2.55. The summed E-state index contributed by atoms with van der Waals surface area (Å²) in [7, 11) is 0. The van der Waals surface area contributed by atoms with E-state index in [1.54, 1.807) is 0 Å². The van der Waals surface area contributed by atoms with Gasteiger partial charge in [0.05, 0.1) is 0 Å². The van der Waals surface area contributed by atoms with Crippen LogP contribution in [0.4, 0.5) is 0 Å². The molecule has 0 radical (unpaired) electrons. The van der Waals surface area contributed by atoms with Crippen molar-refractivity contribution in [2.45, 2.75) is 53.5 Å². The van der Waals surface area contributed by atoms with Crippen LogP contribution >= 0.6 is 0 Å². The normalized spacial score (nSPS) is 13.3. The molecule has 0 aliphatic carbocycles. The molecule has 0 aromatic carbocycles. The van der Waals surface area contributed by atoms with Crippen LogP contribution in [0.3, 0.4) is 0 Å². The van der Waals surface area contributed by atoms with Crippen molar-refractivity contribution in [3.63, 3.8) is 0 Å². The molecular weight excluding hydrogens is 260 g/mol. The molecule has 0 amide bonds. The van der Waals surface area contributed by atoms with Gasteiger partial charge in [-0.3, -0.25) is 0 Å². The number of hydrogen-bond donors (Lipinski definition) is 2. The summed E-state index contributed by atoms with van der Waals surface area (Å²) in [4.78, 5) is 4.97. The second kappa shape index (κ2) is 14.8. The Morgan fingerprint density at radius 1 is 0.762 bits per heavy atom. The van der Waals surface area contributed by atoms with Gasteiger partial charge in [-0.25, -0.2) is 0 Å². The van der Waals surface area contributed by atoms with Gasteiger partial charge in [0, 0.05) is 12.6 Å². The van der Waals surface area contributed by atoms with Gasteiger partial charge in [-0.05, 0) is 72.1 Å². The first-order valence-corrected chi connectivity index (χ1v) is 9.06. The van der Waals surface area contributed by atoms with Crippen LogP contribution < -0.4 is 10.6 Å². The lowest BCUT2D eigenvalue weighted by Crippen LogP contribution is -2.38. The lowest BCUT2D eigenvalue weighted by molar-refractivity contribution is 0.293. The number of nitrogens with zero attached hydrogens (tertiary/aromatic N) is 2. The van der Waals surface area contributed by atoms with Crippen molar-refractivity contribution in [2.75, 3.05) is 58.9 Å². The third-order valence-electron chi connectivity index (χ3n) is 4.21.